The van der Waals surface area contributed by atoms with Gasteiger partial charge in [-0.1, -0.05) is 56.3 Å². The van der Waals surface area contributed by atoms with Crippen molar-refractivity contribution in [2.45, 2.75) is 32.1 Å². The number of hydrogen-bond donors (Lipinski definition) is 0. The van der Waals surface area contributed by atoms with Crippen LogP contribution in [0.3, 0.4) is 0 Å². The third kappa shape index (κ3) is 1.63. The van der Waals surface area contributed by atoms with E-state index in [0.29, 0.717) is 0 Å². The lowest BCUT2D eigenvalue weighted by Gasteiger charge is -2.29. The van der Waals surface area contributed by atoms with E-state index in [1.54, 1.807) is 0 Å². The molecule has 3 aromatic carbocycles. The summed E-state index contributed by atoms with van der Waals surface area (Å²) in [5.74, 6) is 0. The molecule has 0 saturated carbocycles. The van der Waals surface area contributed by atoms with E-state index in [9.17, 15) is 0 Å². The van der Waals surface area contributed by atoms with Crippen LogP contribution in [0.25, 0.3) is 31.3 Å². The molecular weight excluding hydrogens is 308 g/mol. The standard InChI is InChI=1S/C23H20S/c1-3-23(4-2)19-11-7-5-9-15(19)17-14-22-18(13-20(17)23)16-10-6-8-12-21(16)24-22/h5-14H,3-4H2,1-2H3. The predicted octanol–water partition coefficient (Wildman–Crippen LogP) is 7.14. The second-order valence-electron chi connectivity index (χ2n) is 6.83. The normalized spacial score (nSPS) is 14.9. The molecule has 0 nitrogen and oxygen atoms in total. The maximum absolute atomic E-state index is 2.50. The Bertz CT molecular complexity index is 1080. The summed E-state index contributed by atoms with van der Waals surface area (Å²) in [6.45, 7) is 4.68. The topological polar surface area (TPSA) is 0 Å². The van der Waals surface area contributed by atoms with E-state index in [-0.39, 0.29) is 5.41 Å². The van der Waals surface area contributed by atoms with Crippen LogP contribution in [0.1, 0.15) is 37.8 Å². The summed E-state index contributed by atoms with van der Waals surface area (Å²) in [6, 6.07) is 22.8. The summed E-state index contributed by atoms with van der Waals surface area (Å²) in [4.78, 5) is 0. The first-order valence-corrected chi connectivity index (χ1v) is 9.66. The van der Waals surface area contributed by atoms with E-state index in [4.69, 9.17) is 0 Å². The summed E-state index contributed by atoms with van der Waals surface area (Å²) in [5, 5.41) is 2.82. The zero-order valence-corrected chi connectivity index (χ0v) is 14.9. The molecule has 0 unspecified atom stereocenters. The molecule has 1 heteroatoms. The van der Waals surface area contributed by atoms with Crippen LogP contribution >= 0.6 is 11.3 Å². The minimum Gasteiger partial charge on any atom is -0.135 e. The van der Waals surface area contributed by atoms with E-state index in [1.165, 1.54) is 42.4 Å². The Morgan fingerprint density at radius 3 is 2.29 bits per heavy atom. The van der Waals surface area contributed by atoms with E-state index in [0.717, 1.165) is 12.8 Å². The highest BCUT2D eigenvalue weighted by Gasteiger charge is 2.40. The van der Waals surface area contributed by atoms with Crippen molar-refractivity contribution in [2.75, 3.05) is 0 Å². The quantitative estimate of drug-likeness (QED) is 0.367. The fourth-order valence-electron chi connectivity index (χ4n) is 4.68. The van der Waals surface area contributed by atoms with Crippen molar-refractivity contribution >= 4 is 31.5 Å². The minimum absolute atomic E-state index is 0.170. The monoisotopic (exact) mass is 328 g/mol. The maximum Gasteiger partial charge on any atom is 0.0361 e. The first-order valence-electron chi connectivity index (χ1n) is 8.84. The first kappa shape index (κ1) is 14.2. The average molecular weight is 328 g/mol. The Morgan fingerprint density at radius 2 is 1.46 bits per heavy atom. The van der Waals surface area contributed by atoms with E-state index in [1.807, 2.05) is 11.3 Å². The van der Waals surface area contributed by atoms with Crippen molar-refractivity contribution < 1.29 is 0 Å². The van der Waals surface area contributed by atoms with Crippen molar-refractivity contribution in [1.29, 1.82) is 0 Å². The van der Waals surface area contributed by atoms with Gasteiger partial charge in [-0.25, -0.2) is 0 Å². The Kier molecular flexibility index (Phi) is 2.93. The Labute approximate surface area is 146 Å². The maximum atomic E-state index is 2.50. The van der Waals surface area contributed by atoms with Gasteiger partial charge in [-0.2, -0.15) is 0 Å². The van der Waals surface area contributed by atoms with Gasteiger partial charge in [0.15, 0.2) is 0 Å². The molecule has 24 heavy (non-hydrogen) atoms. The van der Waals surface area contributed by atoms with Gasteiger partial charge in [-0.3, -0.25) is 0 Å². The molecule has 0 amide bonds. The molecule has 118 valence electrons. The van der Waals surface area contributed by atoms with Gasteiger partial charge in [0.2, 0.25) is 0 Å². The lowest BCUT2D eigenvalue weighted by molar-refractivity contribution is 0.491. The summed E-state index contributed by atoms with van der Waals surface area (Å²) in [7, 11) is 0. The number of rotatable bonds is 2. The van der Waals surface area contributed by atoms with Gasteiger partial charge in [0.1, 0.15) is 0 Å². The second kappa shape index (κ2) is 4.94. The lowest BCUT2D eigenvalue weighted by Crippen LogP contribution is -2.22. The Morgan fingerprint density at radius 1 is 0.708 bits per heavy atom. The third-order valence-electron chi connectivity index (χ3n) is 5.97. The first-order chi connectivity index (χ1) is 11.8. The van der Waals surface area contributed by atoms with E-state index in [2.05, 4.69) is 74.5 Å². The van der Waals surface area contributed by atoms with E-state index >= 15 is 0 Å². The molecule has 1 aromatic heterocycles. The van der Waals surface area contributed by atoms with Crippen molar-refractivity contribution in [3.63, 3.8) is 0 Å². The third-order valence-corrected chi connectivity index (χ3v) is 7.11. The zero-order chi connectivity index (χ0) is 16.3. The largest absolute Gasteiger partial charge is 0.135 e. The number of fused-ring (bicyclic) bond motifs is 6. The van der Waals surface area contributed by atoms with Gasteiger partial charge >= 0.3 is 0 Å². The molecule has 0 bridgehead atoms. The molecule has 0 spiro atoms. The highest BCUT2D eigenvalue weighted by atomic mass is 32.1. The molecule has 0 fully saturated rings. The molecule has 4 aromatic rings. The summed E-state index contributed by atoms with van der Waals surface area (Å²) in [5.41, 5.74) is 6.11. The molecule has 5 rings (SSSR count). The van der Waals surface area contributed by atoms with Crippen LogP contribution in [0.4, 0.5) is 0 Å². The van der Waals surface area contributed by atoms with Gasteiger partial charge in [-0.05, 0) is 53.3 Å². The van der Waals surface area contributed by atoms with Crippen LogP contribution in [-0.4, -0.2) is 0 Å². The molecule has 0 saturated heterocycles. The summed E-state index contributed by atoms with van der Waals surface area (Å²) in [6.07, 6.45) is 2.31. The second-order valence-corrected chi connectivity index (χ2v) is 7.91. The molecular formula is C23H20S. The lowest BCUT2D eigenvalue weighted by atomic mass is 9.74. The van der Waals surface area contributed by atoms with Crippen LogP contribution in [0, 0.1) is 0 Å². The van der Waals surface area contributed by atoms with Gasteiger partial charge in [-0.15, -0.1) is 11.3 Å². The van der Waals surface area contributed by atoms with Crippen molar-refractivity contribution in [3.05, 3.63) is 71.8 Å². The molecule has 0 atom stereocenters. The van der Waals surface area contributed by atoms with Crippen LogP contribution in [-0.2, 0) is 5.41 Å². The Hall–Kier alpha value is -2.12. The number of thiophene rings is 1. The molecule has 1 aliphatic carbocycles. The van der Waals surface area contributed by atoms with Crippen molar-refractivity contribution in [2.24, 2.45) is 0 Å². The van der Waals surface area contributed by atoms with Gasteiger partial charge < -0.3 is 0 Å². The van der Waals surface area contributed by atoms with Crippen LogP contribution in [0.5, 0.6) is 0 Å². The Balaban J connectivity index is 1.94. The fraction of sp³-hybridized carbons (Fsp3) is 0.217. The summed E-state index contributed by atoms with van der Waals surface area (Å²) >= 11 is 1.92. The van der Waals surface area contributed by atoms with Crippen LogP contribution in [0.15, 0.2) is 60.7 Å². The van der Waals surface area contributed by atoms with Gasteiger partial charge in [0.05, 0.1) is 0 Å². The fourth-order valence-corrected chi connectivity index (χ4v) is 5.81. The molecule has 0 radical (unpaired) electrons. The SMILES string of the molecule is CCC1(CC)c2ccccc2-c2cc3sc4ccccc4c3cc21. The molecule has 0 aliphatic heterocycles. The van der Waals surface area contributed by atoms with Crippen LogP contribution < -0.4 is 0 Å². The predicted molar refractivity (Wildman–Crippen MR) is 106 cm³/mol. The smallest absolute Gasteiger partial charge is 0.0361 e. The number of hydrogen-bond acceptors (Lipinski definition) is 1. The number of benzene rings is 3. The molecule has 1 aliphatic rings. The minimum atomic E-state index is 0.170. The van der Waals surface area contributed by atoms with Crippen molar-refractivity contribution in [1.82, 2.24) is 0 Å². The van der Waals surface area contributed by atoms with Crippen molar-refractivity contribution in [3.8, 4) is 11.1 Å². The highest BCUT2D eigenvalue weighted by molar-refractivity contribution is 7.25. The molecule has 0 N–H and O–H groups in total. The highest BCUT2D eigenvalue weighted by Crippen LogP contribution is 2.54. The molecule has 1 heterocycles. The summed E-state index contributed by atoms with van der Waals surface area (Å²) < 4.78 is 2.80. The van der Waals surface area contributed by atoms with E-state index < -0.39 is 0 Å². The van der Waals surface area contributed by atoms with Crippen LogP contribution in [0.2, 0.25) is 0 Å². The van der Waals surface area contributed by atoms with Gasteiger partial charge in [0, 0.05) is 25.6 Å². The average Bonchev–Trinajstić information content (AvgIpc) is 3.13. The zero-order valence-electron chi connectivity index (χ0n) is 14.1. The van der Waals surface area contributed by atoms with Gasteiger partial charge in [0.25, 0.3) is 0 Å².